The molecule has 1 unspecified atom stereocenters. The number of carbonyl (C=O) groups excluding carboxylic acids is 1. The van der Waals surface area contributed by atoms with E-state index in [2.05, 4.69) is 0 Å². The van der Waals surface area contributed by atoms with Crippen LogP contribution < -0.4 is 0 Å². The first-order chi connectivity index (χ1) is 6.60. The molecule has 0 aliphatic rings. The largest absolute Gasteiger partial charge is 0.302 e. The molecule has 1 rings (SSSR count). The Labute approximate surface area is 84.2 Å². The first kappa shape index (κ1) is 10.5. The standard InChI is InChI=1S/C12H13NO/c1-8-4-9(2)12(10(3)5-8)11(6-13)7-14/h4-5,7,11H,1-3H3. The first-order valence-corrected chi connectivity index (χ1v) is 4.52. The van der Waals surface area contributed by atoms with Crippen molar-refractivity contribution in [2.45, 2.75) is 26.7 Å². The number of benzene rings is 1. The van der Waals surface area contributed by atoms with Crippen LogP contribution in [0, 0.1) is 32.1 Å². The van der Waals surface area contributed by atoms with Gasteiger partial charge < -0.3 is 4.79 Å². The summed E-state index contributed by atoms with van der Waals surface area (Å²) in [6, 6.07) is 5.99. The van der Waals surface area contributed by atoms with Crippen molar-refractivity contribution in [1.82, 2.24) is 0 Å². The molecule has 2 heteroatoms. The molecule has 0 aromatic heterocycles. The fraction of sp³-hybridized carbons (Fsp3) is 0.333. The Balaban J connectivity index is 3.35. The van der Waals surface area contributed by atoms with E-state index in [1.165, 1.54) is 0 Å². The summed E-state index contributed by atoms with van der Waals surface area (Å²) in [7, 11) is 0. The molecule has 0 saturated carbocycles. The van der Waals surface area contributed by atoms with Crippen molar-refractivity contribution in [1.29, 1.82) is 5.26 Å². The second-order valence-corrected chi connectivity index (χ2v) is 3.56. The van der Waals surface area contributed by atoms with E-state index in [0.717, 1.165) is 22.3 Å². The third-order valence-electron chi connectivity index (χ3n) is 2.32. The predicted molar refractivity (Wildman–Crippen MR) is 55.1 cm³/mol. The van der Waals surface area contributed by atoms with Crippen molar-refractivity contribution in [2.75, 3.05) is 0 Å². The minimum atomic E-state index is -0.629. The van der Waals surface area contributed by atoms with Gasteiger partial charge in [-0.25, -0.2) is 0 Å². The normalized spacial score (nSPS) is 11.9. The van der Waals surface area contributed by atoms with Crippen LogP contribution in [0.1, 0.15) is 28.2 Å². The van der Waals surface area contributed by atoms with Gasteiger partial charge in [-0.2, -0.15) is 5.26 Å². The van der Waals surface area contributed by atoms with Crippen molar-refractivity contribution < 1.29 is 4.79 Å². The lowest BCUT2D eigenvalue weighted by atomic mass is 9.91. The van der Waals surface area contributed by atoms with Crippen LogP contribution in [0.3, 0.4) is 0 Å². The molecule has 0 bridgehead atoms. The highest BCUT2D eigenvalue weighted by atomic mass is 16.1. The molecular formula is C12H13NO. The fourth-order valence-corrected chi connectivity index (χ4v) is 1.84. The van der Waals surface area contributed by atoms with Crippen LogP contribution in [-0.2, 0) is 4.79 Å². The lowest BCUT2D eigenvalue weighted by Gasteiger charge is -2.11. The van der Waals surface area contributed by atoms with E-state index in [1.807, 2.05) is 39.0 Å². The zero-order valence-corrected chi connectivity index (χ0v) is 8.66. The van der Waals surface area contributed by atoms with Gasteiger partial charge in [0, 0.05) is 0 Å². The molecule has 14 heavy (non-hydrogen) atoms. The number of carbonyl (C=O) groups is 1. The molecule has 0 aliphatic carbocycles. The average Bonchev–Trinajstić information content (AvgIpc) is 2.10. The van der Waals surface area contributed by atoms with Crippen molar-refractivity contribution in [3.8, 4) is 6.07 Å². The summed E-state index contributed by atoms with van der Waals surface area (Å²) >= 11 is 0. The molecule has 0 fully saturated rings. The van der Waals surface area contributed by atoms with E-state index in [9.17, 15) is 4.79 Å². The van der Waals surface area contributed by atoms with Crippen LogP contribution in [0.15, 0.2) is 12.1 Å². The van der Waals surface area contributed by atoms with Crippen molar-refractivity contribution >= 4 is 6.29 Å². The Kier molecular flexibility index (Phi) is 3.03. The van der Waals surface area contributed by atoms with Crippen LogP contribution in [0.5, 0.6) is 0 Å². The van der Waals surface area contributed by atoms with Gasteiger partial charge in [0.1, 0.15) is 12.2 Å². The van der Waals surface area contributed by atoms with E-state index in [-0.39, 0.29) is 0 Å². The Morgan fingerprint density at radius 3 is 2.14 bits per heavy atom. The number of nitriles is 1. The molecule has 0 aliphatic heterocycles. The van der Waals surface area contributed by atoms with Crippen LogP contribution in [0.25, 0.3) is 0 Å². The number of rotatable bonds is 2. The third-order valence-corrected chi connectivity index (χ3v) is 2.32. The highest BCUT2D eigenvalue weighted by Crippen LogP contribution is 2.23. The average molecular weight is 187 g/mol. The van der Waals surface area contributed by atoms with Gasteiger partial charge >= 0.3 is 0 Å². The Morgan fingerprint density at radius 1 is 1.29 bits per heavy atom. The maximum absolute atomic E-state index is 10.7. The lowest BCUT2D eigenvalue weighted by molar-refractivity contribution is -0.108. The summed E-state index contributed by atoms with van der Waals surface area (Å²) in [6.45, 7) is 5.87. The minimum Gasteiger partial charge on any atom is -0.302 e. The van der Waals surface area contributed by atoms with Gasteiger partial charge in [0.25, 0.3) is 0 Å². The monoisotopic (exact) mass is 187 g/mol. The summed E-state index contributed by atoms with van der Waals surface area (Å²) in [6.07, 6.45) is 0.699. The predicted octanol–water partition coefficient (Wildman–Crippen LogP) is 2.42. The molecule has 0 amide bonds. The van der Waals surface area contributed by atoms with Gasteiger partial charge in [0.2, 0.25) is 0 Å². The second-order valence-electron chi connectivity index (χ2n) is 3.56. The zero-order chi connectivity index (χ0) is 10.7. The topological polar surface area (TPSA) is 40.9 Å². The van der Waals surface area contributed by atoms with E-state index in [4.69, 9.17) is 5.26 Å². The summed E-state index contributed by atoms with van der Waals surface area (Å²) in [4.78, 5) is 10.7. The maximum Gasteiger partial charge on any atom is 0.141 e. The summed E-state index contributed by atoms with van der Waals surface area (Å²) in [5.41, 5.74) is 4.04. The Bertz CT molecular complexity index is 378. The van der Waals surface area contributed by atoms with Crippen molar-refractivity contribution in [2.24, 2.45) is 0 Å². The molecule has 0 N–H and O–H groups in total. The van der Waals surface area contributed by atoms with Gasteiger partial charge in [0.15, 0.2) is 0 Å². The fourth-order valence-electron chi connectivity index (χ4n) is 1.84. The molecule has 1 aromatic carbocycles. The molecule has 0 radical (unpaired) electrons. The van der Waals surface area contributed by atoms with Gasteiger partial charge in [-0.3, -0.25) is 0 Å². The highest BCUT2D eigenvalue weighted by molar-refractivity contribution is 5.68. The summed E-state index contributed by atoms with van der Waals surface area (Å²) in [5.74, 6) is -0.629. The van der Waals surface area contributed by atoms with E-state index in [0.29, 0.717) is 6.29 Å². The molecule has 0 spiro atoms. The number of aryl methyl sites for hydroxylation is 3. The number of aldehydes is 1. The zero-order valence-electron chi connectivity index (χ0n) is 8.66. The number of hydrogen-bond acceptors (Lipinski definition) is 2. The van der Waals surface area contributed by atoms with E-state index in [1.54, 1.807) is 0 Å². The number of hydrogen-bond donors (Lipinski definition) is 0. The molecule has 1 atom stereocenters. The quantitative estimate of drug-likeness (QED) is 0.667. The molecule has 72 valence electrons. The molecule has 0 heterocycles. The molecule has 2 nitrogen and oxygen atoms in total. The second kappa shape index (κ2) is 4.06. The van der Waals surface area contributed by atoms with Crippen LogP contribution in [0.2, 0.25) is 0 Å². The summed E-state index contributed by atoms with van der Waals surface area (Å²) in [5, 5.41) is 8.82. The van der Waals surface area contributed by atoms with E-state index >= 15 is 0 Å². The van der Waals surface area contributed by atoms with Crippen LogP contribution in [-0.4, -0.2) is 6.29 Å². The summed E-state index contributed by atoms with van der Waals surface area (Å²) < 4.78 is 0. The molecule has 1 aromatic rings. The third kappa shape index (κ3) is 1.82. The smallest absolute Gasteiger partial charge is 0.141 e. The maximum atomic E-state index is 10.7. The SMILES string of the molecule is Cc1cc(C)c(C(C#N)C=O)c(C)c1. The highest BCUT2D eigenvalue weighted by Gasteiger charge is 2.14. The molecular weight excluding hydrogens is 174 g/mol. The Hall–Kier alpha value is -1.62. The number of nitrogens with zero attached hydrogens (tertiary/aromatic N) is 1. The van der Waals surface area contributed by atoms with Gasteiger partial charge in [-0.1, -0.05) is 17.7 Å². The minimum absolute atomic E-state index is 0.629. The first-order valence-electron chi connectivity index (χ1n) is 4.52. The van der Waals surface area contributed by atoms with Gasteiger partial charge in [0.05, 0.1) is 6.07 Å². The van der Waals surface area contributed by atoms with Crippen LogP contribution >= 0.6 is 0 Å². The van der Waals surface area contributed by atoms with Gasteiger partial charge in [-0.05, 0) is 37.5 Å². The van der Waals surface area contributed by atoms with Crippen molar-refractivity contribution in [3.63, 3.8) is 0 Å². The van der Waals surface area contributed by atoms with E-state index < -0.39 is 5.92 Å². The van der Waals surface area contributed by atoms with Crippen LogP contribution in [0.4, 0.5) is 0 Å². The lowest BCUT2D eigenvalue weighted by Crippen LogP contribution is -2.03. The Morgan fingerprint density at radius 2 is 1.79 bits per heavy atom. The van der Waals surface area contributed by atoms with Gasteiger partial charge in [-0.15, -0.1) is 0 Å². The molecule has 0 saturated heterocycles. The van der Waals surface area contributed by atoms with Crippen molar-refractivity contribution in [3.05, 3.63) is 34.4 Å².